The third-order valence-corrected chi connectivity index (χ3v) is 4.02. The van der Waals surface area contributed by atoms with Gasteiger partial charge in [0.1, 0.15) is 25.5 Å². The molecule has 1 aromatic heterocycles. The van der Waals surface area contributed by atoms with E-state index in [1.165, 1.54) is 0 Å². The Morgan fingerprint density at radius 3 is 2.22 bits per heavy atom. The zero-order valence-corrected chi connectivity index (χ0v) is 15.4. The van der Waals surface area contributed by atoms with Crippen LogP contribution in [0.5, 0.6) is 5.75 Å². The molecule has 0 radical (unpaired) electrons. The van der Waals surface area contributed by atoms with Gasteiger partial charge in [-0.1, -0.05) is 43.6 Å². The normalized spacial score (nSPS) is 11.7. The van der Waals surface area contributed by atoms with Crippen molar-refractivity contribution < 1.29 is 9.15 Å². The minimum absolute atomic E-state index is 0.127. The van der Waals surface area contributed by atoms with Crippen molar-refractivity contribution in [3.63, 3.8) is 0 Å². The highest BCUT2D eigenvalue weighted by Gasteiger charge is 2.10. The number of aryl methyl sites for hydroxylation is 1. The lowest BCUT2D eigenvalue weighted by molar-refractivity contribution is 0.414. The zero-order chi connectivity index (χ0) is 16.9. The first kappa shape index (κ1) is 17.0. The summed E-state index contributed by atoms with van der Waals surface area (Å²) in [6, 6.07) is 11.7. The molecule has 1 atom stereocenters. The van der Waals surface area contributed by atoms with Crippen LogP contribution in [0.25, 0.3) is 0 Å². The molecule has 0 saturated carbocycles. The molecular formula is C20H22O2Si. The third-order valence-electron chi connectivity index (χ3n) is 3.12. The third kappa shape index (κ3) is 5.40. The van der Waals surface area contributed by atoms with Gasteiger partial charge in [0, 0.05) is 0 Å². The molecule has 2 aromatic rings. The van der Waals surface area contributed by atoms with Crippen LogP contribution in [0.4, 0.5) is 0 Å². The van der Waals surface area contributed by atoms with Crippen molar-refractivity contribution in [3.8, 4) is 29.1 Å². The van der Waals surface area contributed by atoms with Crippen molar-refractivity contribution in [2.75, 3.05) is 7.11 Å². The van der Waals surface area contributed by atoms with Gasteiger partial charge >= 0.3 is 0 Å². The lowest BCUT2D eigenvalue weighted by Crippen LogP contribution is -2.16. The van der Waals surface area contributed by atoms with Crippen molar-refractivity contribution in [1.82, 2.24) is 0 Å². The number of furan rings is 1. The highest BCUT2D eigenvalue weighted by molar-refractivity contribution is 6.83. The van der Waals surface area contributed by atoms with Crippen LogP contribution in [0.15, 0.2) is 40.8 Å². The molecule has 2 rings (SSSR count). The summed E-state index contributed by atoms with van der Waals surface area (Å²) in [5.41, 5.74) is 4.49. The van der Waals surface area contributed by atoms with Gasteiger partial charge in [-0.05, 0) is 42.7 Å². The van der Waals surface area contributed by atoms with Crippen LogP contribution < -0.4 is 4.74 Å². The van der Waals surface area contributed by atoms with E-state index in [9.17, 15) is 0 Å². The van der Waals surface area contributed by atoms with Crippen LogP contribution in [0.1, 0.15) is 23.0 Å². The molecule has 118 valence electrons. The van der Waals surface area contributed by atoms with E-state index in [1.807, 2.05) is 43.3 Å². The number of rotatable bonds is 2. The van der Waals surface area contributed by atoms with Gasteiger partial charge in [-0.3, -0.25) is 0 Å². The molecule has 1 aromatic carbocycles. The molecule has 0 saturated heterocycles. The molecule has 0 aliphatic heterocycles. The highest BCUT2D eigenvalue weighted by Crippen LogP contribution is 2.19. The highest BCUT2D eigenvalue weighted by atomic mass is 28.3. The van der Waals surface area contributed by atoms with Gasteiger partial charge in [-0.25, -0.2) is 0 Å². The Morgan fingerprint density at radius 1 is 1.00 bits per heavy atom. The van der Waals surface area contributed by atoms with Crippen LogP contribution in [0.2, 0.25) is 19.6 Å². The first-order chi connectivity index (χ1) is 10.9. The van der Waals surface area contributed by atoms with Crippen LogP contribution >= 0.6 is 0 Å². The molecule has 0 aliphatic rings. The van der Waals surface area contributed by atoms with E-state index in [2.05, 4.69) is 42.9 Å². The van der Waals surface area contributed by atoms with E-state index in [0.717, 1.165) is 17.1 Å². The van der Waals surface area contributed by atoms with Crippen LogP contribution in [0, 0.1) is 30.2 Å². The molecule has 0 fully saturated rings. The largest absolute Gasteiger partial charge is 0.497 e. The number of hydrogen-bond acceptors (Lipinski definition) is 2. The van der Waals surface area contributed by atoms with Gasteiger partial charge < -0.3 is 9.15 Å². The monoisotopic (exact) mass is 322 g/mol. The van der Waals surface area contributed by atoms with E-state index >= 15 is 0 Å². The molecular weight excluding hydrogens is 300 g/mol. The molecule has 0 bridgehead atoms. The van der Waals surface area contributed by atoms with E-state index in [4.69, 9.17) is 9.15 Å². The fourth-order valence-corrected chi connectivity index (χ4v) is 2.51. The van der Waals surface area contributed by atoms with Gasteiger partial charge in [0.2, 0.25) is 0 Å². The van der Waals surface area contributed by atoms with Gasteiger partial charge in [0.15, 0.2) is 5.76 Å². The van der Waals surface area contributed by atoms with E-state index in [1.54, 1.807) is 7.11 Å². The standard InChI is InChI=1S/C20H22O2Si/c1-16-6-10-20(22-16)13-9-18(14-15-23(3,4)5)17-7-11-19(21-2)12-8-17/h6-8,10-12,18H,1-5H3. The maximum Gasteiger partial charge on any atom is 0.177 e. The molecule has 0 amide bonds. The minimum Gasteiger partial charge on any atom is -0.497 e. The Hall–Kier alpha value is -2.36. The predicted octanol–water partition coefficient (Wildman–Crippen LogP) is 4.61. The molecule has 1 heterocycles. The summed E-state index contributed by atoms with van der Waals surface area (Å²) in [6.07, 6.45) is 0. The summed E-state index contributed by atoms with van der Waals surface area (Å²) < 4.78 is 10.7. The van der Waals surface area contributed by atoms with E-state index in [-0.39, 0.29) is 5.92 Å². The average molecular weight is 322 g/mol. The summed E-state index contributed by atoms with van der Waals surface area (Å²) in [5.74, 6) is 11.9. The molecule has 2 nitrogen and oxygen atoms in total. The zero-order valence-electron chi connectivity index (χ0n) is 14.4. The summed E-state index contributed by atoms with van der Waals surface area (Å²) in [4.78, 5) is 0. The van der Waals surface area contributed by atoms with Crippen molar-refractivity contribution in [3.05, 3.63) is 53.5 Å². The average Bonchev–Trinajstić information content (AvgIpc) is 2.92. The lowest BCUT2D eigenvalue weighted by atomic mass is 10.0. The van der Waals surface area contributed by atoms with Crippen molar-refractivity contribution in [2.45, 2.75) is 32.5 Å². The van der Waals surface area contributed by atoms with E-state index in [0.29, 0.717) is 5.76 Å². The Kier molecular flexibility index (Phi) is 5.37. The molecule has 0 N–H and O–H groups in total. The van der Waals surface area contributed by atoms with Gasteiger partial charge in [-0.2, -0.15) is 0 Å². The maximum absolute atomic E-state index is 5.52. The number of ether oxygens (including phenoxy) is 1. The molecule has 1 unspecified atom stereocenters. The Balaban J connectivity index is 2.34. The Labute approximate surface area is 139 Å². The SMILES string of the molecule is COc1ccc(C(C#Cc2ccc(C)o2)C#C[Si](C)(C)C)cc1. The van der Waals surface area contributed by atoms with Crippen molar-refractivity contribution in [2.24, 2.45) is 0 Å². The quantitative estimate of drug-likeness (QED) is 0.595. The maximum atomic E-state index is 5.52. The number of benzene rings is 1. The summed E-state index contributed by atoms with van der Waals surface area (Å²) in [7, 11) is 0.211. The van der Waals surface area contributed by atoms with E-state index < -0.39 is 8.07 Å². The predicted molar refractivity (Wildman–Crippen MR) is 97.2 cm³/mol. The Bertz CT molecular complexity index is 771. The van der Waals surface area contributed by atoms with Crippen molar-refractivity contribution >= 4 is 8.07 Å². The second kappa shape index (κ2) is 7.27. The topological polar surface area (TPSA) is 22.4 Å². The fourth-order valence-electron chi connectivity index (χ4n) is 1.93. The van der Waals surface area contributed by atoms with Crippen LogP contribution in [-0.4, -0.2) is 15.2 Å². The molecule has 23 heavy (non-hydrogen) atoms. The second-order valence-electron chi connectivity index (χ2n) is 6.41. The molecule has 3 heteroatoms. The second-order valence-corrected chi connectivity index (χ2v) is 11.2. The summed E-state index contributed by atoms with van der Waals surface area (Å²) in [5, 5.41) is 0. The molecule has 0 spiro atoms. The smallest absolute Gasteiger partial charge is 0.177 e. The summed E-state index contributed by atoms with van der Waals surface area (Å²) in [6.45, 7) is 8.61. The van der Waals surface area contributed by atoms with Crippen molar-refractivity contribution in [1.29, 1.82) is 0 Å². The van der Waals surface area contributed by atoms with Gasteiger partial charge in [0.25, 0.3) is 0 Å². The van der Waals surface area contributed by atoms with Gasteiger partial charge in [0.05, 0.1) is 7.11 Å². The number of methoxy groups -OCH3 is 1. The van der Waals surface area contributed by atoms with Crippen LogP contribution in [-0.2, 0) is 0 Å². The number of hydrogen-bond donors (Lipinski definition) is 0. The van der Waals surface area contributed by atoms with Crippen LogP contribution in [0.3, 0.4) is 0 Å². The van der Waals surface area contributed by atoms with Gasteiger partial charge in [-0.15, -0.1) is 5.54 Å². The first-order valence-corrected chi connectivity index (χ1v) is 11.1. The first-order valence-electron chi connectivity index (χ1n) is 7.62. The lowest BCUT2D eigenvalue weighted by Gasteiger charge is -2.08. The molecule has 0 aliphatic carbocycles. The summed E-state index contributed by atoms with van der Waals surface area (Å²) >= 11 is 0. The minimum atomic E-state index is -1.45. The fraction of sp³-hybridized carbons (Fsp3) is 0.300. The Morgan fingerprint density at radius 2 is 1.70 bits per heavy atom.